The van der Waals surface area contributed by atoms with Crippen molar-refractivity contribution in [1.29, 1.82) is 0 Å². The van der Waals surface area contributed by atoms with E-state index in [0.717, 1.165) is 17.5 Å². The van der Waals surface area contributed by atoms with Crippen LogP contribution in [-0.2, 0) is 18.9 Å². The van der Waals surface area contributed by atoms with Gasteiger partial charge in [-0.15, -0.1) is 5.10 Å². The summed E-state index contributed by atoms with van der Waals surface area (Å²) in [6.45, 7) is 5.90. The fraction of sp³-hybridized carbons (Fsp3) is 0.375. The molecule has 0 bridgehead atoms. The maximum atomic E-state index is 14.2. The maximum Gasteiger partial charge on any atom is 0.336 e. The van der Waals surface area contributed by atoms with Gasteiger partial charge in [-0.2, -0.15) is 8.78 Å². The molecule has 164 valence electrons. The molecule has 3 rings (SSSR count). The van der Waals surface area contributed by atoms with Crippen molar-refractivity contribution in [2.24, 2.45) is 5.92 Å². The molecule has 31 heavy (non-hydrogen) atoms. The Morgan fingerprint density at radius 2 is 1.81 bits per heavy atom. The molecule has 0 spiro atoms. The lowest BCUT2D eigenvalue weighted by Gasteiger charge is -2.10. The predicted molar refractivity (Wildman–Crippen MR) is 115 cm³/mol. The van der Waals surface area contributed by atoms with Crippen molar-refractivity contribution in [3.8, 4) is 11.1 Å². The second kappa shape index (κ2) is 9.37. The molecule has 0 aliphatic heterocycles. The van der Waals surface area contributed by atoms with Crippen molar-refractivity contribution in [1.82, 2.24) is 14.8 Å². The number of halogens is 2. The minimum absolute atomic E-state index is 0.230. The van der Waals surface area contributed by atoms with Crippen LogP contribution in [0.5, 0.6) is 0 Å². The number of hydrogen-bond donors (Lipinski definition) is 1. The van der Waals surface area contributed by atoms with E-state index >= 15 is 0 Å². The third-order valence-corrected chi connectivity index (χ3v) is 5.22. The highest BCUT2D eigenvalue weighted by atomic mass is 19.3. The molecule has 0 saturated heterocycles. The van der Waals surface area contributed by atoms with Crippen molar-refractivity contribution in [2.45, 2.75) is 52.5 Å². The smallest absolute Gasteiger partial charge is 0.336 e. The Balaban J connectivity index is 1.88. The Labute approximate surface area is 180 Å². The largest absolute Gasteiger partial charge is 0.478 e. The third kappa shape index (κ3) is 5.34. The molecule has 0 unspecified atom stereocenters. The standard InChI is InChI=1S/C24H27F2N3O2/c1-4-24(25,26)23-27-21(14-9-16(2)3)29(28-23)15-17-10-12-18(13-11-17)19-7-5-6-8-20(19)22(30)31/h5-8,10-13,16H,4,9,14-15H2,1-3H3,(H,30,31). The summed E-state index contributed by atoms with van der Waals surface area (Å²) in [5, 5.41) is 13.5. The number of carboxylic acids is 1. The number of alkyl halides is 2. The molecule has 0 atom stereocenters. The van der Waals surface area contributed by atoms with E-state index in [2.05, 4.69) is 23.9 Å². The average molecular weight is 427 g/mol. The maximum absolute atomic E-state index is 14.2. The Bertz CT molecular complexity index is 1040. The molecule has 5 nitrogen and oxygen atoms in total. The van der Waals surface area contributed by atoms with Crippen LogP contribution in [0.1, 0.15) is 61.2 Å². The molecule has 3 aromatic rings. The Morgan fingerprint density at radius 3 is 2.42 bits per heavy atom. The van der Waals surface area contributed by atoms with Crippen LogP contribution in [0, 0.1) is 5.92 Å². The highest BCUT2D eigenvalue weighted by molar-refractivity contribution is 5.95. The molecule has 0 amide bonds. The van der Waals surface area contributed by atoms with Gasteiger partial charge in [-0.1, -0.05) is 63.2 Å². The molecule has 2 aromatic carbocycles. The highest BCUT2D eigenvalue weighted by Gasteiger charge is 2.35. The van der Waals surface area contributed by atoms with Gasteiger partial charge < -0.3 is 5.11 Å². The SMILES string of the molecule is CCC(F)(F)c1nc(CCC(C)C)n(Cc2ccc(-c3ccccc3C(=O)O)cc2)n1. The fourth-order valence-electron chi connectivity index (χ4n) is 3.30. The zero-order chi connectivity index (χ0) is 22.6. The highest BCUT2D eigenvalue weighted by Crippen LogP contribution is 2.29. The van der Waals surface area contributed by atoms with Crippen molar-refractivity contribution >= 4 is 5.97 Å². The zero-order valence-electron chi connectivity index (χ0n) is 18.0. The molecule has 0 aliphatic carbocycles. The molecule has 0 fully saturated rings. The van der Waals surface area contributed by atoms with Gasteiger partial charge in [0.25, 0.3) is 0 Å². The van der Waals surface area contributed by atoms with E-state index in [4.69, 9.17) is 0 Å². The first-order chi connectivity index (χ1) is 14.7. The quantitative estimate of drug-likeness (QED) is 0.470. The Hall–Kier alpha value is -3.09. The lowest BCUT2D eigenvalue weighted by atomic mass is 9.99. The second-order valence-corrected chi connectivity index (χ2v) is 8.05. The van der Waals surface area contributed by atoms with Crippen LogP contribution in [0.4, 0.5) is 8.78 Å². The first-order valence-corrected chi connectivity index (χ1v) is 10.4. The monoisotopic (exact) mass is 427 g/mol. The molecule has 7 heteroatoms. The molecule has 1 heterocycles. The van der Waals surface area contributed by atoms with Gasteiger partial charge in [0.2, 0.25) is 5.82 Å². The number of aryl methyl sites for hydroxylation is 1. The zero-order valence-corrected chi connectivity index (χ0v) is 18.0. The minimum atomic E-state index is -3.05. The summed E-state index contributed by atoms with van der Waals surface area (Å²) in [5.74, 6) is -3.49. The van der Waals surface area contributed by atoms with Crippen molar-refractivity contribution in [3.63, 3.8) is 0 Å². The summed E-state index contributed by atoms with van der Waals surface area (Å²) in [7, 11) is 0. The first-order valence-electron chi connectivity index (χ1n) is 10.4. The van der Waals surface area contributed by atoms with E-state index in [-0.39, 0.29) is 12.0 Å². The molecule has 1 N–H and O–H groups in total. The number of hydrogen-bond acceptors (Lipinski definition) is 3. The number of carbonyl (C=O) groups is 1. The Kier molecular flexibility index (Phi) is 6.83. The first kappa shape index (κ1) is 22.6. The fourth-order valence-corrected chi connectivity index (χ4v) is 3.30. The third-order valence-electron chi connectivity index (χ3n) is 5.22. The van der Waals surface area contributed by atoms with Gasteiger partial charge in [0.15, 0.2) is 0 Å². The summed E-state index contributed by atoms with van der Waals surface area (Å²) < 4.78 is 29.9. The van der Waals surface area contributed by atoms with Crippen LogP contribution in [0.2, 0.25) is 0 Å². The van der Waals surface area contributed by atoms with E-state index in [9.17, 15) is 18.7 Å². The van der Waals surface area contributed by atoms with Gasteiger partial charge in [0.1, 0.15) is 5.82 Å². The normalized spacial score (nSPS) is 11.8. The van der Waals surface area contributed by atoms with Crippen LogP contribution in [0.3, 0.4) is 0 Å². The summed E-state index contributed by atoms with van der Waals surface area (Å²) in [4.78, 5) is 15.6. The van der Waals surface area contributed by atoms with E-state index in [1.165, 1.54) is 6.92 Å². The van der Waals surface area contributed by atoms with Crippen LogP contribution < -0.4 is 0 Å². The number of benzene rings is 2. The van der Waals surface area contributed by atoms with Gasteiger partial charge in [0.05, 0.1) is 12.1 Å². The average Bonchev–Trinajstić information content (AvgIpc) is 3.16. The van der Waals surface area contributed by atoms with Crippen LogP contribution in [-0.4, -0.2) is 25.8 Å². The van der Waals surface area contributed by atoms with E-state index in [0.29, 0.717) is 30.3 Å². The number of aromatic carboxylic acids is 1. The summed E-state index contributed by atoms with van der Waals surface area (Å²) in [6, 6.07) is 14.2. The molecule has 0 radical (unpaired) electrons. The van der Waals surface area contributed by atoms with E-state index < -0.39 is 17.7 Å². The lowest BCUT2D eigenvalue weighted by Crippen LogP contribution is -2.14. The number of nitrogens with zero attached hydrogens (tertiary/aromatic N) is 3. The molecule has 0 aliphatic rings. The lowest BCUT2D eigenvalue weighted by molar-refractivity contribution is -0.0177. The van der Waals surface area contributed by atoms with Gasteiger partial charge in [0, 0.05) is 12.8 Å². The number of carboxylic acid groups (broad SMARTS) is 1. The van der Waals surface area contributed by atoms with Crippen molar-refractivity contribution < 1.29 is 18.7 Å². The van der Waals surface area contributed by atoms with Gasteiger partial charge in [-0.05, 0) is 35.1 Å². The molecular formula is C24H27F2N3O2. The summed E-state index contributed by atoms with van der Waals surface area (Å²) in [5.41, 5.74) is 2.51. The van der Waals surface area contributed by atoms with Crippen LogP contribution >= 0.6 is 0 Å². The minimum Gasteiger partial charge on any atom is -0.478 e. The Morgan fingerprint density at radius 1 is 1.13 bits per heavy atom. The van der Waals surface area contributed by atoms with Gasteiger partial charge in [-0.25, -0.2) is 14.5 Å². The number of aromatic nitrogens is 3. The molecular weight excluding hydrogens is 400 g/mol. The van der Waals surface area contributed by atoms with E-state index in [1.54, 1.807) is 28.9 Å². The summed E-state index contributed by atoms with van der Waals surface area (Å²) in [6.07, 6.45) is 1.06. The molecule has 1 aromatic heterocycles. The predicted octanol–water partition coefficient (Wildman–Crippen LogP) is 5.78. The van der Waals surface area contributed by atoms with Gasteiger partial charge in [-0.3, -0.25) is 0 Å². The van der Waals surface area contributed by atoms with Crippen molar-refractivity contribution in [2.75, 3.05) is 0 Å². The summed E-state index contributed by atoms with van der Waals surface area (Å²) >= 11 is 0. The van der Waals surface area contributed by atoms with Gasteiger partial charge >= 0.3 is 11.9 Å². The van der Waals surface area contributed by atoms with Crippen LogP contribution in [0.15, 0.2) is 48.5 Å². The molecule has 0 saturated carbocycles. The van der Waals surface area contributed by atoms with E-state index in [1.807, 2.05) is 24.3 Å². The number of rotatable bonds is 9. The topological polar surface area (TPSA) is 68.0 Å². The van der Waals surface area contributed by atoms with Crippen molar-refractivity contribution in [3.05, 3.63) is 71.3 Å². The second-order valence-electron chi connectivity index (χ2n) is 8.05. The van der Waals surface area contributed by atoms with Crippen LogP contribution in [0.25, 0.3) is 11.1 Å².